The van der Waals surface area contributed by atoms with E-state index < -0.39 is 74.9 Å². The van der Waals surface area contributed by atoms with E-state index in [4.69, 9.17) is 75.2 Å². The summed E-state index contributed by atoms with van der Waals surface area (Å²) in [4.78, 5) is 102. The highest BCUT2D eigenvalue weighted by atomic mass is 16.7. The summed E-state index contributed by atoms with van der Waals surface area (Å²) in [6.07, 6.45) is 0. The van der Waals surface area contributed by atoms with Crippen molar-refractivity contribution in [2.24, 2.45) is 0 Å². The number of fused-ring (bicyclic) bond motifs is 2. The van der Waals surface area contributed by atoms with Gasteiger partial charge in [-0.05, 0) is 60.7 Å². The number of benzene rings is 4. The maximum atomic E-state index is 13.4. The molecule has 6 aromatic rings. The second-order valence-electron chi connectivity index (χ2n) is 18.0. The van der Waals surface area contributed by atoms with Gasteiger partial charge in [-0.3, -0.25) is 19.2 Å². The van der Waals surface area contributed by atoms with Crippen LogP contribution < -0.4 is 19.3 Å². The monoisotopic (exact) mass is 1170 g/mol. The number of methoxy groups -OCH3 is 2. The average Bonchev–Trinajstić information content (AvgIpc) is 2.81. The molecule has 26 heteroatoms. The number of nitrogens with zero attached hydrogens (tertiary/aromatic N) is 2. The van der Waals surface area contributed by atoms with Crippen LogP contribution in [-0.2, 0) is 76.0 Å². The molecule has 0 saturated carbocycles. The summed E-state index contributed by atoms with van der Waals surface area (Å²) in [6.45, 7) is 5.71. The highest BCUT2D eigenvalue weighted by molar-refractivity contribution is 6.03. The van der Waals surface area contributed by atoms with Gasteiger partial charge in [0.2, 0.25) is 27.2 Å². The summed E-state index contributed by atoms with van der Waals surface area (Å²) in [5, 5.41) is 1.23. The summed E-state index contributed by atoms with van der Waals surface area (Å²) >= 11 is 0. The highest BCUT2D eigenvalue weighted by Gasteiger charge is 2.26. The molecule has 0 aliphatic carbocycles. The SMILES string of the molecule is COc1cc2cc(-c3ccc(C(=O)OCOC(C)=O)cc3C(=O)OCOC(C)=O)oc2cc1N1CCOCCOCCN(c2cc3oc(-c4ccc(C(=O)OCOC(C)=O)cc4C(=O)OCOC(C)=O)cc3cc2OC)CCOCCOCC1. The molecule has 0 radical (unpaired) electrons. The number of hydrogen-bond acceptors (Lipinski definition) is 26. The zero-order valence-electron chi connectivity index (χ0n) is 46.9. The minimum atomic E-state index is -0.937. The van der Waals surface area contributed by atoms with Crippen molar-refractivity contribution in [3.63, 3.8) is 0 Å². The molecule has 0 unspecified atom stereocenters. The lowest BCUT2D eigenvalue weighted by molar-refractivity contribution is -0.150. The molecule has 0 atom stereocenters. The molecule has 26 nitrogen and oxygen atoms in total. The van der Waals surface area contributed by atoms with Crippen LogP contribution in [0.3, 0.4) is 0 Å². The standard InChI is InChI=1S/C58H62N2O24/c1-35(61)75-31-79-55(65)39-7-9-43(45(23-39)57(67)81-33-77-37(3)63)51-25-41-27-53(69-5)47(29-49(41)83-51)59-11-15-71-19-21-73-17-13-60(14-18-74-22-20-72-16-12-59)48-30-50-42(28-54(48)70-6)26-52(84-50)44-10-8-40(56(66)80-32-76-36(2)62)24-46(44)58(68)82-34-78-38(4)64/h7-10,23-30H,11-22,31-34H2,1-6H3. The van der Waals surface area contributed by atoms with Crippen LogP contribution in [0.5, 0.6) is 11.5 Å². The first-order valence-electron chi connectivity index (χ1n) is 26.1. The normalized spacial score (nSPS) is 13.8. The van der Waals surface area contributed by atoms with Crippen LogP contribution in [0.2, 0.25) is 0 Å². The van der Waals surface area contributed by atoms with Gasteiger partial charge in [-0.1, -0.05) is 0 Å². The molecule has 1 fully saturated rings. The summed E-state index contributed by atoms with van der Waals surface area (Å²) in [6, 6.07) is 18.7. The van der Waals surface area contributed by atoms with Crippen LogP contribution in [0.4, 0.5) is 11.4 Å². The summed E-state index contributed by atoms with van der Waals surface area (Å²) in [5.74, 6) is -4.88. The number of rotatable bonds is 18. The molecule has 0 bridgehead atoms. The van der Waals surface area contributed by atoms with E-state index in [0.717, 1.165) is 27.7 Å². The van der Waals surface area contributed by atoms with Crippen molar-refractivity contribution in [2.45, 2.75) is 27.7 Å². The Bertz CT molecular complexity index is 3090. The second-order valence-corrected chi connectivity index (χ2v) is 18.0. The molecule has 0 N–H and O–H groups in total. The quantitative estimate of drug-likeness (QED) is 0.0495. The van der Waals surface area contributed by atoms with E-state index in [2.05, 4.69) is 0 Å². The fraction of sp³-hybridized carbons (Fsp3) is 0.379. The molecule has 3 heterocycles. The minimum Gasteiger partial charge on any atom is -0.495 e. The number of ether oxygens (including phenoxy) is 14. The van der Waals surface area contributed by atoms with Crippen molar-refractivity contribution in [3.8, 4) is 34.1 Å². The molecular weight excluding hydrogens is 1110 g/mol. The van der Waals surface area contributed by atoms with Gasteiger partial charge >= 0.3 is 47.8 Å². The van der Waals surface area contributed by atoms with Gasteiger partial charge in [-0.25, -0.2) is 19.2 Å². The van der Waals surface area contributed by atoms with E-state index in [1.807, 2.05) is 9.80 Å². The third-order valence-corrected chi connectivity index (χ3v) is 12.4. The van der Waals surface area contributed by atoms with E-state index in [0.29, 0.717) is 71.0 Å². The minimum absolute atomic E-state index is 0.0651. The van der Waals surface area contributed by atoms with Crippen LogP contribution in [0.25, 0.3) is 44.6 Å². The first-order valence-corrected chi connectivity index (χ1v) is 26.1. The van der Waals surface area contributed by atoms with E-state index in [-0.39, 0.29) is 97.8 Å². The maximum absolute atomic E-state index is 13.4. The first-order chi connectivity index (χ1) is 40.5. The van der Waals surface area contributed by atoms with Crippen molar-refractivity contribution in [2.75, 3.05) is 130 Å². The topological polar surface area (TPSA) is 299 Å². The molecule has 1 aliphatic rings. The third-order valence-electron chi connectivity index (χ3n) is 12.4. The third kappa shape index (κ3) is 17.4. The molecule has 1 saturated heterocycles. The lowest BCUT2D eigenvalue weighted by Crippen LogP contribution is -2.33. The van der Waals surface area contributed by atoms with Gasteiger partial charge < -0.3 is 85.0 Å². The van der Waals surface area contributed by atoms with Crippen LogP contribution in [0, 0.1) is 0 Å². The molecule has 7 rings (SSSR count). The number of hydrogen-bond donors (Lipinski definition) is 0. The predicted molar refractivity (Wildman–Crippen MR) is 292 cm³/mol. The molecule has 0 spiro atoms. The summed E-state index contributed by atoms with van der Waals surface area (Å²) in [7, 11) is 3.07. The van der Waals surface area contributed by atoms with Gasteiger partial charge in [0.05, 0.1) is 101 Å². The lowest BCUT2D eigenvalue weighted by atomic mass is 10.0. The lowest BCUT2D eigenvalue weighted by Gasteiger charge is -2.27. The van der Waals surface area contributed by atoms with Gasteiger partial charge in [0.25, 0.3) is 0 Å². The number of carbonyl (C=O) groups is 8. The van der Waals surface area contributed by atoms with Crippen LogP contribution in [0.15, 0.2) is 81.6 Å². The highest BCUT2D eigenvalue weighted by Crippen LogP contribution is 2.40. The Balaban J connectivity index is 1.04. The van der Waals surface area contributed by atoms with E-state index in [1.165, 1.54) is 50.6 Å². The zero-order valence-corrected chi connectivity index (χ0v) is 46.9. The van der Waals surface area contributed by atoms with Crippen LogP contribution in [-0.4, -0.2) is 168 Å². The summed E-state index contributed by atoms with van der Waals surface area (Å²) < 4.78 is 88.1. The second kappa shape index (κ2) is 30.7. The van der Waals surface area contributed by atoms with Gasteiger partial charge in [0.1, 0.15) is 34.2 Å². The maximum Gasteiger partial charge on any atom is 0.341 e. The predicted octanol–water partition coefficient (Wildman–Crippen LogP) is 6.63. The molecule has 4 aromatic carbocycles. The molecular formula is C58H62N2O24. The van der Waals surface area contributed by atoms with Crippen LogP contribution >= 0.6 is 0 Å². The van der Waals surface area contributed by atoms with Crippen LogP contribution in [0.1, 0.15) is 69.1 Å². The fourth-order valence-electron chi connectivity index (χ4n) is 8.34. The summed E-state index contributed by atoms with van der Waals surface area (Å²) in [5.41, 5.74) is 2.26. The average molecular weight is 1170 g/mol. The zero-order chi connectivity index (χ0) is 60.1. The van der Waals surface area contributed by atoms with E-state index in [1.54, 1.807) is 36.4 Å². The Labute approximate surface area is 480 Å². The van der Waals surface area contributed by atoms with Crippen molar-refractivity contribution in [1.82, 2.24) is 0 Å². The van der Waals surface area contributed by atoms with Crippen molar-refractivity contribution < 1.29 is 114 Å². The molecule has 448 valence electrons. The number of anilines is 2. The van der Waals surface area contributed by atoms with Gasteiger partial charge in [-0.2, -0.15) is 0 Å². The number of esters is 8. The van der Waals surface area contributed by atoms with Crippen molar-refractivity contribution in [1.29, 1.82) is 0 Å². The Kier molecular flexibility index (Phi) is 22.8. The van der Waals surface area contributed by atoms with Crippen molar-refractivity contribution >= 4 is 81.1 Å². The number of carbonyl (C=O) groups excluding carboxylic acids is 8. The first kappa shape index (κ1) is 62.4. The molecule has 84 heavy (non-hydrogen) atoms. The Morgan fingerprint density at radius 2 is 0.714 bits per heavy atom. The number of furan rings is 2. The van der Waals surface area contributed by atoms with Gasteiger partial charge in [0.15, 0.2) is 0 Å². The fourth-order valence-corrected chi connectivity index (χ4v) is 8.34. The van der Waals surface area contributed by atoms with Crippen molar-refractivity contribution in [3.05, 3.63) is 95.1 Å². The Morgan fingerprint density at radius 3 is 1.02 bits per heavy atom. The molecule has 2 aromatic heterocycles. The van der Waals surface area contributed by atoms with Gasteiger partial charge in [-0.15, -0.1) is 0 Å². The van der Waals surface area contributed by atoms with E-state index in [9.17, 15) is 38.4 Å². The Hall–Kier alpha value is -9.24. The molecule has 1 aliphatic heterocycles. The smallest absolute Gasteiger partial charge is 0.341 e. The Morgan fingerprint density at radius 1 is 0.393 bits per heavy atom. The largest absolute Gasteiger partial charge is 0.495 e. The molecule has 0 amide bonds. The van der Waals surface area contributed by atoms with E-state index >= 15 is 0 Å². The van der Waals surface area contributed by atoms with Gasteiger partial charge in [0, 0.05) is 87.9 Å².